The molecular formula is C29H29N3O4. The number of rotatable bonds is 8. The van der Waals surface area contributed by atoms with Crippen LogP contribution in [-0.4, -0.2) is 44.4 Å². The number of aromatic amines is 1. The van der Waals surface area contributed by atoms with Crippen LogP contribution in [0.1, 0.15) is 50.8 Å². The SMILES string of the molecule is Cc1cc(C)c(-c2n[nH]c3c2C(c2ccc(OCc4ccccc4)cc2)N(CCCO)C3=O)c(O)c1. The summed E-state index contributed by atoms with van der Waals surface area (Å²) in [6, 6.07) is 21.0. The average molecular weight is 484 g/mol. The van der Waals surface area contributed by atoms with Crippen LogP contribution in [0.15, 0.2) is 66.7 Å². The number of hydrogen-bond acceptors (Lipinski definition) is 5. The van der Waals surface area contributed by atoms with E-state index in [4.69, 9.17) is 4.74 Å². The topological polar surface area (TPSA) is 98.7 Å². The van der Waals surface area contributed by atoms with E-state index in [-0.39, 0.29) is 18.3 Å². The van der Waals surface area contributed by atoms with Crippen LogP contribution in [0.25, 0.3) is 11.3 Å². The summed E-state index contributed by atoms with van der Waals surface area (Å²) in [7, 11) is 0. The van der Waals surface area contributed by atoms with Crippen molar-refractivity contribution < 1.29 is 19.7 Å². The van der Waals surface area contributed by atoms with E-state index >= 15 is 0 Å². The highest BCUT2D eigenvalue weighted by molar-refractivity contribution is 6.00. The number of nitrogens with one attached hydrogen (secondary N) is 1. The molecule has 4 aromatic rings. The fourth-order valence-electron chi connectivity index (χ4n) is 4.95. The van der Waals surface area contributed by atoms with Crippen LogP contribution < -0.4 is 4.74 Å². The van der Waals surface area contributed by atoms with Gasteiger partial charge in [0.15, 0.2) is 0 Å². The molecule has 1 aliphatic heterocycles. The second kappa shape index (κ2) is 9.87. The van der Waals surface area contributed by atoms with Crippen molar-refractivity contribution in [3.05, 3.63) is 100 Å². The third kappa shape index (κ3) is 4.33. The first-order valence-corrected chi connectivity index (χ1v) is 12.0. The molecule has 36 heavy (non-hydrogen) atoms. The number of phenolic OH excluding ortho intramolecular Hbond substituents is 1. The molecule has 5 rings (SSSR count). The number of ether oxygens (including phenoxy) is 1. The van der Waals surface area contributed by atoms with Crippen molar-refractivity contribution in [2.45, 2.75) is 32.9 Å². The van der Waals surface area contributed by atoms with Crippen LogP contribution in [0.5, 0.6) is 11.5 Å². The van der Waals surface area contributed by atoms with Crippen molar-refractivity contribution in [2.75, 3.05) is 13.2 Å². The number of aryl methyl sites for hydroxylation is 2. The molecule has 2 heterocycles. The Kier molecular flexibility index (Phi) is 6.48. The van der Waals surface area contributed by atoms with Crippen LogP contribution in [-0.2, 0) is 6.61 Å². The lowest BCUT2D eigenvalue weighted by Gasteiger charge is -2.26. The number of carbonyl (C=O) groups excluding carboxylic acids is 1. The number of aliphatic hydroxyl groups is 1. The molecule has 0 aliphatic carbocycles. The summed E-state index contributed by atoms with van der Waals surface area (Å²) in [5.41, 5.74) is 6.14. The third-order valence-electron chi connectivity index (χ3n) is 6.56. The van der Waals surface area contributed by atoms with Gasteiger partial charge in [-0.2, -0.15) is 5.10 Å². The number of fused-ring (bicyclic) bond motifs is 1. The van der Waals surface area contributed by atoms with E-state index < -0.39 is 6.04 Å². The summed E-state index contributed by atoms with van der Waals surface area (Å²) in [5, 5.41) is 27.6. The van der Waals surface area contributed by atoms with Gasteiger partial charge in [0.05, 0.1) is 6.04 Å². The number of aromatic nitrogens is 2. The zero-order valence-electron chi connectivity index (χ0n) is 20.4. The summed E-state index contributed by atoms with van der Waals surface area (Å²) < 4.78 is 5.95. The van der Waals surface area contributed by atoms with Crippen LogP contribution in [0.2, 0.25) is 0 Å². The van der Waals surface area contributed by atoms with Gasteiger partial charge in [0, 0.05) is 24.3 Å². The number of aromatic hydroxyl groups is 1. The zero-order chi connectivity index (χ0) is 25.2. The maximum atomic E-state index is 13.4. The Morgan fingerprint density at radius 1 is 1.06 bits per heavy atom. The molecule has 3 aromatic carbocycles. The fourth-order valence-corrected chi connectivity index (χ4v) is 4.95. The number of amides is 1. The van der Waals surface area contributed by atoms with Gasteiger partial charge in [0.25, 0.3) is 5.91 Å². The first-order chi connectivity index (χ1) is 17.5. The van der Waals surface area contributed by atoms with Crippen molar-refractivity contribution in [3.8, 4) is 22.8 Å². The quantitative estimate of drug-likeness (QED) is 0.331. The monoisotopic (exact) mass is 483 g/mol. The highest BCUT2D eigenvalue weighted by atomic mass is 16.5. The van der Waals surface area contributed by atoms with Crippen LogP contribution in [0.4, 0.5) is 0 Å². The van der Waals surface area contributed by atoms with Gasteiger partial charge in [-0.3, -0.25) is 9.89 Å². The third-order valence-corrected chi connectivity index (χ3v) is 6.56. The van der Waals surface area contributed by atoms with Gasteiger partial charge in [0.2, 0.25) is 0 Å². The summed E-state index contributed by atoms with van der Waals surface area (Å²) >= 11 is 0. The number of aliphatic hydroxyl groups excluding tert-OH is 1. The normalized spacial score (nSPS) is 14.8. The minimum absolute atomic E-state index is 0.0142. The largest absolute Gasteiger partial charge is 0.507 e. The predicted molar refractivity (Wildman–Crippen MR) is 137 cm³/mol. The zero-order valence-corrected chi connectivity index (χ0v) is 20.4. The highest BCUT2D eigenvalue weighted by Gasteiger charge is 2.42. The molecule has 0 bridgehead atoms. The van der Waals surface area contributed by atoms with Gasteiger partial charge >= 0.3 is 0 Å². The lowest BCUT2D eigenvalue weighted by molar-refractivity contribution is 0.0732. The minimum Gasteiger partial charge on any atom is -0.507 e. The van der Waals surface area contributed by atoms with Crippen LogP contribution in [0.3, 0.4) is 0 Å². The van der Waals surface area contributed by atoms with Gasteiger partial charge in [-0.15, -0.1) is 0 Å². The number of H-pyrrole nitrogens is 1. The van der Waals surface area contributed by atoms with E-state index in [1.54, 1.807) is 11.0 Å². The molecule has 1 aromatic heterocycles. The number of carbonyl (C=O) groups is 1. The summed E-state index contributed by atoms with van der Waals surface area (Å²) in [5.74, 6) is 0.691. The van der Waals surface area contributed by atoms with Crippen molar-refractivity contribution in [3.63, 3.8) is 0 Å². The summed E-state index contributed by atoms with van der Waals surface area (Å²) in [4.78, 5) is 15.1. The summed E-state index contributed by atoms with van der Waals surface area (Å²) in [6.45, 7) is 4.70. The second-order valence-electron chi connectivity index (χ2n) is 9.16. The Bertz CT molecular complexity index is 1360. The standard InChI is InChI=1S/C29H29N3O4/c1-18-15-19(2)24(23(34)16-18)26-25-27(31-30-26)29(35)32(13-6-14-33)28(25)21-9-11-22(12-10-21)36-17-20-7-4-3-5-8-20/h3-5,7-12,15-16,28,33-34H,6,13-14,17H2,1-2H3,(H,30,31). The Hall–Kier alpha value is -4.10. The van der Waals surface area contributed by atoms with Gasteiger partial charge in [-0.05, 0) is 60.7 Å². The lowest BCUT2D eigenvalue weighted by atomic mass is 9.93. The molecule has 0 fully saturated rings. The molecule has 1 unspecified atom stereocenters. The molecule has 0 saturated carbocycles. The Morgan fingerprint density at radius 2 is 1.81 bits per heavy atom. The van der Waals surface area contributed by atoms with Crippen molar-refractivity contribution in [1.82, 2.24) is 15.1 Å². The molecule has 3 N–H and O–H groups in total. The first-order valence-electron chi connectivity index (χ1n) is 12.0. The molecular weight excluding hydrogens is 454 g/mol. The number of phenols is 1. The van der Waals surface area contributed by atoms with Crippen molar-refractivity contribution in [2.24, 2.45) is 0 Å². The molecule has 0 radical (unpaired) electrons. The Labute approximate surface area is 210 Å². The Balaban J connectivity index is 1.52. The fraction of sp³-hybridized carbons (Fsp3) is 0.241. The first kappa shape index (κ1) is 23.6. The van der Waals surface area contributed by atoms with Crippen LogP contribution in [0, 0.1) is 13.8 Å². The van der Waals surface area contributed by atoms with E-state index in [1.807, 2.05) is 74.5 Å². The van der Waals surface area contributed by atoms with E-state index in [0.717, 1.165) is 33.6 Å². The smallest absolute Gasteiger partial charge is 0.273 e. The molecule has 1 amide bonds. The van der Waals surface area contributed by atoms with E-state index in [1.165, 1.54) is 0 Å². The van der Waals surface area contributed by atoms with Gasteiger partial charge in [-0.1, -0.05) is 48.5 Å². The molecule has 184 valence electrons. The van der Waals surface area contributed by atoms with E-state index in [0.29, 0.717) is 36.5 Å². The molecule has 7 heteroatoms. The minimum atomic E-state index is -0.406. The predicted octanol–water partition coefficient (Wildman–Crippen LogP) is 4.91. The number of hydrogen-bond donors (Lipinski definition) is 3. The van der Waals surface area contributed by atoms with E-state index in [2.05, 4.69) is 10.2 Å². The molecule has 0 spiro atoms. The van der Waals surface area contributed by atoms with E-state index in [9.17, 15) is 15.0 Å². The number of nitrogens with zero attached hydrogens (tertiary/aromatic N) is 2. The molecule has 0 saturated heterocycles. The average Bonchev–Trinajstić information content (AvgIpc) is 3.40. The lowest BCUT2D eigenvalue weighted by Crippen LogP contribution is -2.31. The summed E-state index contributed by atoms with van der Waals surface area (Å²) in [6.07, 6.45) is 0.461. The highest BCUT2D eigenvalue weighted by Crippen LogP contribution is 2.45. The maximum absolute atomic E-state index is 13.4. The second-order valence-corrected chi connectivity index (χ2v) is 9.16. The van der Waals surface area contributed by atoms with Gasteiger partial charge in [0.1, 0.15) is 29.5 Å². The van der Waals surface area contributed by atoms with Gasteiger partial charge in [-0.25, -0.2) is 0 Å². The molecule has 7 nitrogen and oxygen atoms in total. The molecule has 1 atom stereocenters. The van der Waals surface area contributed by atoms with Gasteiger partial charge < -0.3 is 19.8 Å². The van der Waals surface area contributed by atoms with Crippen molar-refractivity contribution in [1.29, 1.82) is 0 Å². The van der Waals surface area contributed by atoms with Crippen LogP contribution >= 0.6 is 0 Å². The maximum Gasteiger partial charge on any atom is 0.273 e. The van der Waals surface area contributed by atoms with Crippen molar-refractivity contribution >= 4 is 5.91 Å². The Morgan fingerprint density at radius 3 is 2.50 bits per heavy atom. The number of benzene rings is 3. The molecule has 1 aliphatic rings.